The Kier molecular flexibility index (Phi) is 18.4. The number of carbonyl (C=O) groups excluding carboxylic acids is 3. The first-order valence-electron chi connectivity index (χ1n) is 20.0. The van der Waals surface area contributed by atoms with Gasteiger partial charge in [0.25, 0.3) is 0 Å². The van der Waals surface area contributed by atoms with Gasteiger partial charge in [-0.2, -0.15) is 0 Å². The standard InChI is InChI=1S/C47H58O7/c1-4-6-8-10-11-12-13-14-15-17-35-51-42-29-23-38(24-30-42)37-19-21-39(22-20-37)46(49)53-44-33-27-41(28-34-44)47(50)54-43-31-25-40(26-32-43)45(48)52-36(3)18-16-9-7-5-2/h19-34,36H,4-18,35H2,1-3H3/t36-/m0/s1. The Hall–Kier alpha value is -4.91. The zero-order valence-corrected chi connectivity index (χ0v) is 32.5. The summed E-state index contributed by atoms with van der Waals surface area (Å²) in [6.45, 7) is 7.05. The largest absolute Gasteiger partial charge is 0.494 e. The third-order valence-electron chi connectivity index (χ3n) is 9.45. The van der Waals surface area contributed by atoms with Crippen molar-refractivity contribution in [2.75, 3.05) is 6.61 Å². The molecule has 0 aromatic heterocycles. The van der Waals surface area contributed by atoms with Crippen molar-refractivity contribution in [2.45, 2.75) is 123 Å². The highest BCUT2D eigenvalue weighted by atomic mass is 16.5. The summed E-state index contributed by atoms with van der Waals surface area (Å²) in [5.41, 5.74) is 3.10. The van der Waals surface area contributed by atoms with E-state index in [1.165, 1.54) is 76.3 Å². The van der Waals surface area contributed by atoms with Gasteiger partial charge in [-0.05, 0) is 110 Å². The van der Waals surface area contributed by atoms with E-state index in [1.54, 1.807) is 48.5 Å². The summed E-state index contributed by atoms with van der Waals surface area (Å²) in [7, 11) is 0. The quantitative estimate of drug-likeness (QED) is 0.0402. The molecule has 7 nitrogen and oxygen atoms in total. The molecular weight excluding hydrogens is 677 g/mol. The van der Waals surface area contributed by atoms with Crippen molar-refractivity contribution in [1.82, 2.24) is 0 Å². The first kappa shape index (κ1) is 41.8. The lowest BCUT2D eigenvalue weighted by atomic mass is 10.0. The molecule has 0 heterocycles. The minimum absolute atomic E-state index is 0.159. The molecule has 54 heavy (non-hydrogen) atoms. The van der Waals surface area contributed by atoms with Crippen LogP contribution < -0.4 is 14.2 Å². The highest BCUT2D eigenvalue weighted by Gasteiger charge is 2.15. The van der Waals surface area contributed by atoms with Gasteiger partial charge in [0.2, 0.25) is 0 Å². The number of rotatable bonds is 24. The van der Waals surface area contributed by atoms with Crippen LogP contribution in [0.1, 0.15) is 148 Å². The Morgan fingerprint density at radius 3 is 1.30 bits per heavy atom. The maximum absolute atomic E-state index is 12.9. The van der Waals surface area contributed by atoms with Crippen LogP contribution in [0.15, 0.2) is 97.1 Å². The average molecular weight is 735 g/mol. The molecule has 0 bridgehead atoms. The fourth-order valence-electron chi connectivity index (χ4n) is 6.14. The van der Waals surface area contributed by atoms with E-state index in [0.717, 1.165) is 55.6 Å². The van der Waals surface area contributed by atoms with Gasteiger partial charge in [0.05, 0.1) is 29.4 Å². The molecule has 4 aromatic rings. The van der Waals surface area contributed by atoms with E-state index in [4.69, 9.17) is 18.9 Å². The molecule has 7 heteroatoms. The normalized spacial score (nSPS) is 11.5. The minimum atomic E-state index is -0.576. The molecule has 0 spiro atoms. The van der Waals surface area contributed by atoms with Crippen molar-refractivity contribution in [3.05, 3.63) is 114 Å². The number of hydrogen-bond acceptors (Lipinski definition) is 7. The van der Waals surface area contributed by atoms with Gasteiger partial charge < -0.3 is 18.9 Å². The predicted octanol–water partition coefficient (Wildman–Crippen LogP) is 12.6. The monoisotopic (exact) mass is 734 g/mol. The smallest absolute Gasteiger partial charge is 0.343 e. The molecule has 288 valence electrons. The first-order valence-corrected chi connectivity index (χ1v) is 20.0. The Balaban J connectivity index is 1.16. The minimum Gasteiger partial charge on any atom is -0.494 e. The van der Waals surface area contributed by atoms with E-state index in [9.17, 15) is 14.4 Å². The Morgan fingerprint density at radius 2 is 0.815 bits per heavy atom. The van der Waals surface area contributed by atoms with Crippen molar-refractivity contribution in [1.29, 1.82) is 0 Å². The van der Waals surface area contributed by atoms with Crippen LogP contribution in [0.25, 0.3) is 11.1 Å². The van der Waals surface area contributed by atoms with E-state index in [0.29, 0.717) is 22.6 Å². The van der Waals surface area contributed by atoms with E-state index >= 15 is 0 Å². The molecule has 0 saturated carbocycles. The molecule has 0 N–H and O–H groups in total. The number of ether oxygens (including phenoxy) is 4. The summed E-state index contributed by atoms with van der Waals surface area (Å²) in [6.07, 6.45) is 18.2. The van der Waals surface area contributed by atoms with Gasteiger partial charge in [-0.25, -0.2) is 14.4 Å². The van der Waals surface area contributed by atoms with E-state index in [1.807, 2.05) is 43.3 Å². The van der Waals surface area contributed by atoms with Gasteiger partial charge in [-0.1, -0.05) is 115 Å². The van der Waals surface area contributed by atoms with Crippen molar-refractivity contribution >= 4 is 17.9 Å². The van der Waals surface area contributed by atoms with Crippen molar-refractivity contribution in [2.24, 2.45) is 0 Å². The van der Waals surface area contributed by atoms with Crippen LogP contribution in [0, 0.1) is 0 Å². The van der Waals surface area contributed by atoms with Crippen LogP contribution in [0.5, 0.6) is 17.2 Å². The van der Waals surface area contributed by atoms with E-state index < -0.39 is 17.9 Å². The van der Waals surface area contributed by atoms with Crippen molar-refractivity contribution < 1.29 is 33.3 Å². The molecule has 1 atom stereocenters. The Labute approximate surface area is 322 Å². The summed E-state index contributed by atoms with van der Waals surface area (Å²) < 4.78 is 22.5. The Morgan fingerprint density at radius 1 is 0.444 bits per heavy atom. The summed E-state index contributed by atoms with van der Waals surface area (Å²) in [5, 5.41) is 0. The van der Waals surface area contributed by atoms with Gasteiger partial charge >= 0.3 is 17.9 Å². The van der Waals surface area contributed by atoms with Crippen LogP contribution in [0.3, 0.4) is 0 Å². The predicted molar refractivity (Wildman–Crippen MR) is 216 cm³/mol. The maximum Gasteiger partial charge on any atom is 0.343 e. The molecular formula is C47H58O7. The topological polar surface area (TPSA) is 88.1 Å². The first-order chi connectivity index (χ1) is 26.4. The second kappa shape index (κ2) is 23.7. The summed E-state index contributed by atoms with van der Waals surface area (Å²) >= 11 is 0. The van der Waals surface area contributed by atoms with Gasteiger partial charge in [-0.3, -0.25) is 0 Å². The number of carbonyl (C=O) groups is 3. The van der Waals surface area contributed by atoms with Gasteiger partial charge in [-0.15, -0.1) is 0 Å². The highest BCUT2D eigenvalue weighted by molar-refractivity contribution is 5.93. The Bertz CT molecular complexity index is 1680. The lowest BCUT2D eigenvalue weighted by Crippen LogP contribution is -2.15. The third-order valence-corrected chi connectivity index (χ3v) is 9.45. The van der Waals surface area contributed by atoms with E-state index in [2.05, 4.69) is 13.8 Å². The van der Waals surface area contributed by atoms with Crippen LogP contribution in [0.4, 0.5) is 0 Å². The molecule has 0 fully saturated rings. The molecule has 0 aliphatic rings. The second-order valence-corrected chi connectivity index (χ2v) is 14.0. The number of hydrogen-bond donors (Lipinski definition) is 0. The maximum atomic E-state index is 12.9. The van der Waals surface area contributed by atoms with Crippen LogP contribution in [0.2, 0.25) is 0 Å². The molecule has 0 unspecified atom stereocenters. The molecule has 4 aromatic carbocycles. The molecule has 0 saturated heterocycles. The SMILES string of the molecule is CCCCCCCCCCCCOc1ccc(-c2ccc(C(=O)Oc3ccc(C(=O)Oc4ccc(C(=O)O[C@@H](C)CCCCCC)cc4)cc3)cc2)cc1. The second-order valence-electron chi connectivity index (χ2n) is 14.0. The van der Waals surface area contributed by atoms with Gasteiger partial charge in [0.1, 0.15) is 17.2 Å². The fraction of sp³-hybridized carbons (Fsp3) is 0.426. The average Bonchev–Trinajstić information content (AvgIpc) is 3.19. The van der Waals surface area contributed by atoms with Crippen LogP contribution >= 0.6 is 0 Å². The van der Waals surface area contributed by atoms with Gasteiger partial charge in [0.15, 0.2) is 0 Å². The number of esters is 3. The van der Waals surface area contributed by atoms with Crippen molar-refractivity contribution in [3.8, 4) is 28.4 Å². The summed E-state index contributed by atoms with van der Waals surface area (Å²) in [6, 6.07) is 27.7. The molecule has 0 aliphatic heterocycles. The lowest BCUT2D eigenvalue weighted by Gasteiger charge is -2.13. The van der Waals surface area contributed by atoms with Crippen LogP contribution in [-0.4, -0.2) is 30.6 Å². The zero-order valence-electron chi connectivity index (χ0n) is 32.5. The van der Waals surface area contributed by atoms with E-state index in [-0.39, 0.29) is 11.7 Å². The summed E-state index contributed by atoms with van der Waals surface area (Å²) in [4.78, 5) is 38.1. The number of benzene rings is 4. The lowest BCUT2D eigenvalue weighted by molar-refractivity contribution is 0.0319. The number of unbranched alkanes of at least 4 members (excludes halogenated alkanes) is 12. The molecule has 0 aliphatic carbocycles. The van der Waals surface area contributed by atoms with Crippen molar-refractivity contribution in [3.63, 3.8) is 0 Å². The molecule has 0 amide bonds. The molecule has 4 rings (SSSR count). The molecule has 0 radical (unpaired) electrons. The third kappa shape index (κ3) is 14.8. The summed E-state index contributed by atoms with van der Waals surface area (Å²) in [5.74, 6) is -0.0176. The van der Waals surface area contributed by atoms with Crippen LogP contribution in [-0.2, 0) is 4.74 Å². The van der Waals surface area contributed by atoms with Gasteiger partial charge in [0, 0.05) is 0 Å². The highest BCUT2D eigenvalue weighted by Crippen LogP contribution is 2.24. The fourth-order valence-corrected chi connectivity index (χ4v) is 6.14. The zero-order chi connectivity index (χ0) is 38.4.